The van der Waals surface area contributed by atoms with Crippen LogP contribution in [-0.2, 0) is 12.8 Å². The van der Waals surface area contributed by atoms with E-state index in [1.807, 2.05) is 12.1 Å². The van der Waals surface area contributed by atoms with Gasteiger partial charge in [0.15, 0.2) is 0 Å². The molecule has 0 radical (unpaired) electrons. The summed E-state index contributed by atoms with van der Waals surface area (Å²) in [6.45, 7) is 0. The van der Waals surface area contributed by atoms with Crippen LogP contribution in [0.3, 0.4) is 0 Å². The van der Waals surface area contributed by atoms with Gasteiger partial charge in [0.2, 0.25) is 0 Å². The molecule has 2 heteroatoms. The highest BCUT2D eigenvalue weighted by Gasteiger charge is 2.17. The summed E-state index contributed by atoms with van der Waals surface area (Å²) in [5, 5.41) is 9.42. The number of fused-ring (bicyclic) bond motifs is 1. The lowest BCUT2D eigenvalue weighted by Crippen LogP contribution is -2.19. The van der Waals surface area contributed by atoms with Crippen molar-refractivity contribution in [2.45, 2.75) is 25.4 Å². The SMILES string of the molecule is Nc1cccc2c1C[C@@H](O)CC2. The van der Waals surface area contributed by atoms with E-state index >= 15 is 0 Å². The Morgan fingerprint density at radius 2 is 2.25 bits per heavy atom. The minimum Gasteiger partial charge on any atom is -0.398 e. The van der Waals surface area contributed by atoms with Crippen LogP contribution in [0.25, 0.3) is 0 Å². The molecule has 1 aromatic carbocycles. The second kappa shape index (κ2) is 2.79. The smallest absolute Gasteiger partial charge is 0.0584 e. The second-order valence-corrected chi connectivity index (χ2v) is 3.38. The molecule has 1 atom stereocenters. The van der Waals surface area contributed by atoms with Crippen molar-refractivity contribution in [3.8, 4) is 0 Å². The first kappa shape index (κ1) is 7.62. The summed E-state index contributed by atoms with van der Waals surface area (Å²) in [5.74, 6) is 0. The van der Waals surface area contributed by atoms with Crippen molar-refractivity contribution in [3.05, 3.63) is 29.3 Å². The van der Waals surface area contributed by atoms with Gasteiger partial charge < -0.3 is 10.8 Å². The summed E-state index contributed by atoms with van der Waals surface area (Å²) in [6, 6.07) is 5.97. The van der Waals surface area contributed by atoms with Gasteiger partial charge in [-0.25, -0.2) is 0 Å². The molecule has 0 saturated heterocycles. The minimum atomic E-state index is -0.192. The summed E-state index contributed by atoms with van der Waals surface area (Å²) in [6.07, 6.45) is 2.36. The monoisotopic (exact) mass is 163 g/mol. The molecular weight excluding hydrogens is 150 g/mol. The van der Waals surface area contributed by atoms with Crippen LogP contribution in [0.5, 0.6) is 0 Å². The van der Waals surface area contributed by atoms with Gasteiger partial charge in [-0.15, -0.1) is 0 Å². The molecule has 64 valence electrons. The highest BCUT2D eigenvalue weighted by atomic mass is 16.3. The van der Waals surface area contributed by atoms with Gasteiger partial charge in [0.05, 0.1) is 6.10 Å². The summed E-state index contributed by atoms with van der Waals surface area (Å²) in [5.41, 5.74) is 9.07. The van der Waals surface area contributed by atoms with Gasteiger partial charge in [-0.1, -0.05) is 12.1 Å². The van der Waals surface area contributed by atoms with E-state index in [0.717, 1.165) is 30.5 Å². The highest BCUT2D eigenvalue weighted by molar-refractivity contribution is 5.52. The van der Waals surface area contributed by atoms with E-state index in [4.69, 9.17) is 5.73 Å². The van der Waals surface area contributed by atoms with E-state index in [0.29, 0.717) is 0 Å². The Morgan fingerprint density at radius 3 is 3.08 bits per heavy atom. The molecule has 0 unspecified atom stereocenters. The number of aryl methyl sites for hydroxylation is 1. The lowest BCUT2D eigenvalue weighted by atomic mass is 9.89. The van der Waals surface area contributed by atoms with Crippen molar-refractivity contribution in [3.63, 3.8) is 0 Å². The Balaban J connectivity index is 2.43. The Bertz CT molecular complexity index is 296. The molecule has 1 aromatic rings. The van der Waals surface area contributed by atoms with E-state index in [2.05, 4.69) is 6.07 Å². The number of rotatable bonds is 0. The standard InChI is InChI=1S/C10H13NO/c11-10-3-1-2-7-4-5-8(12)6-9(7)10/h1-3,8,12H,4-6,11H2/t8-/m0/s1. The zero-order valence-electron chi connectivity index (χ0n) is 6.96. The Kier molecular flexibility index (Phi) is 1.77. The van der Waals surface area contributed by atoms with Gasteiger partial charge in [-0.2, -0.15) is 0 Å². The molecule has 3 N–H and O–H groups in total. The first-order chi connectivity index (χ1) is 5.77. The fraction of sp³-hybridized carbons (Fsp3) is 0.400. The Labute approximate surface area is 72.0 Å². The van der Waals surface area contributed by atoms with Crippen LogP contribution in [0.15, 0.2) is 18.2 Å². The maximum atomic E-state index is 9.42. The van der Waals surface area contributed by atoms with Crippen LogP contribution in [0.1, 0.15) is 17.5 Å². The first-order valence-electron chi connectivity index (χ1n) is 4.31. The number of aliphatic hydroxyl groups is 1. The van der Waals surface area contributed by atoms with Crippen LogP contribution in [0, 0.1) is 0 Å². The van der Waals surface area contributed by atoms with Crippen LogP contribution in [0.4, 0.5) is 5.69 Å². The molecule has 1 aliphatic carbocycles. The fourth-order valence-electron chi connectivity index (χ4n) is 1.80. The van der Waals surface area contributed by atoms with Crippen LogP contribution in [0.2, 0.25) is 0 Å². The molecule has 0 bridgehead atoms. The Hall–Kier alpha value is -1.02. The first-order valence-corrected chi connectivity index (χ1v) is 4.31. The lowest BCUT2D eigenvalue weighted by Gasteiger charge is -2.21. The second-order valence-electron chi connectivity index (χ2n) is 3.38. The molecule has 0 spiro atoms. The van der Waals surface area contributed by atoms with Crippen molar-refractivity contribution in [2.75, 3.05) is 5.73 Å². The molecule has 0 saturated carbocycles. The van der Waals surface area contributed by atoms with Crippen molar-refractivity contribution in [1.82, 2.24) is 0 Å². The number of aliphatic hydroxyl groups excluding tert-OH is 1. The van der Waals surface area contributed by atoms with E-state index in [1.54, 1.807) is 0 Å². The summed E-state index contributed by atoms with van der Waals surface area (Å²) in [7, 11) is 0. The molecule has 12 heavy (non-hydrogen) atoms. The molecule has 2 nitrogen and oxygen atoms in total. The average molecular weight is 163 g/mol. The molecule has 0 fully saturated rings. The molecule has 0 aromatic heterocycles. The van der Waals surface area contributed by atoms with Crippen molar-refractivity contribution >= 4 is 5.69 Å². The number of anilines is 1. The van der Waals surface area contributed by atoms with Crippen LogP contribution < -0.4 is 5.73 Å². The van der Waals surface area contributed by atoms with Crippen molar-refractivity contribution in [1.29, 1.82) is 0 Å². The van der Waals surface area contributed by atoms with Gasteiger partial charge in [0.1, 0.15) is 0 Å². The summed E-state index contributed by atoms with van der Waals surface area (Å²) < 4.78 is 0. The molecular formula is C10H13NO. The zero-order chi connectivity index (χ0) is 8.55. The number of benzene rings is 1. The molecule has 0 aliphatic heterocycles. The largest absolute Gasteiger partial charge is 0.398 e. The van der Waals surface area contributed by atoms with E-state index in [9.17, 15) is 5.11 Å². The van der Waals surface area contributed by atoms with Gasteiger partial charge in [0, 0.05) is 12.1 Å². The third kappa shape index (κ3) is 1.18. The number of nitrogens with two attached hydrogens (primary N) is 1. The van der Waals surface area contributed by atoms with Gasteiger partial charge in [-0.05, 0) is 30.0 Å². The molecule has 0 heterocycles. The molecule has 1 aliphatic rings. The number of hydrogen-bond donors (Lipinski definition) is 2. The molecule has 0 amide bonds. The maximum absolute atomic E-state index is 9.42. The van der Waals surface area contributed by atoms with Gasteiger partial charge in [0.25, 0.3) is 0 Å². The van der Waals surface area contributed by atoms with Crippen molar-refractivity contribution in [2.24, 2.45) is 0 Å². The third-order valence-electron chi connectivity index (χ3n) is 2.50. The Morgan fingerprint density at radius 1 is 1.42 bits per heavy atom. The number of nitrogen functional groups attached to an aromatic ring is 1. The topological polar surface area (TPSA) is 46.2 Å². The predicted octanol–water partition coefficient (Wildman–Crippen LogP) is 1.12. The minimum absolute atomic E-state index is 0.192. The van der Waals surface area contributed by atoms with Gasteiger partial charge in [-0.3, -0.25) is 0 Å². The van der Waals surface area contributed by atoms with Crippen LogP contribution >= 0.6 is 0 Å². The number of hydrogen-bond acceptors (Lipinski definition) is 2. The zero-order valence-corrected chi connectivity index (χ0v) is 6.96. The maximum Gasteiger partial charge on any atom is 0.0584 e. The van der Waals surface area contributed by atoms with Crippen molar-refractivity contribution < 1.29 is 5.11 Å². The lowest BCUT2D eigenvalue weighted by molar-refractivity contribution is 0.159. The van der Waals surface area contributed by atoms with Crippen LogP contribution in [-0.4, -0.2) is 11.2 Å². The highest BCUT2D eigenvalue weighted by Crippen LogP contribution is 2.25. The van der Waals surface area contributed by atoms with Gasteiger partial charge >= 0.3 is 0 Å². The van der Waals surface area contributed by atoms with E-state index in [1.165, 1.54) is 5.56 Å². The normalized spacial score (nSPS) is 21.9. The van der Waals surface area contributed by atoms with E-state index < -0.39 is 0 Å². The predicted molar refractivity (Wildman–Crippen MR) is 48.9 cm³/mol. The summed E-state index contributed by atoms with van der Waals surface area (Å²) in [4.78, 5) is 0. The fourth-order valence-corrected chi connectivity index (χ4v) is 1.80. The quantitative estimate of drug-likeness (QED) is 0.563. The third-order valence-corrected chi connectivity index (χ3v) is 2.50. The molecule has 2 rings (SSSR count). The average Bonchev–Trinajstić information content (AvgIpc) is 2.07. The van der Waals surface area contributed by atoms with E-state index in [-0.39, 0.29) is 6.10 Å². The summed E-state index contributed by atoms with van der Waals surface area (Å²) >= 11 is 0.